The molecule has 5 nitrogen and oxygen atoms in total. The van der Waals surface area contributed by atoms with E-state index in [1.54, 1.807) is 12.3 Å². The van der Waals surface area contributed by atoms with Gasteiger partial charge in [-0.05, 0) is 74.4 Å². The Labute approximate surface area is 180 Å². The molecule has 0 unspecified atom stereocenters. The van der Waals surface area contributed by atoms with Gasteiger partial charge in [0.2, 0.25) is 5.88 Å². The molecule has 0 aliphatic carbocycles. The normalized spacial score (nSPS) is 11.3. The predicted octanol–water partition coefficient (Wildman–Crippen LogP) is 5.46. The van der Waals surface area contributed by atoms with E-state index < -0.39 is 0 Å². The van der Waals surface area contributed by atoms with Gasteiger partial charge in [0.15, 0.2) is 0 Å². The van der Waals surface area contributed by atoms with Crippen molar-refractivity contribution in [3.8, 4) is 17.3 Å². The highest BCUT2D eigenvalue weighted by Gasteiger charge is 2.16. The molecule has 0 amide bonds. The molecule has 0 radical (unpaired) electrons. The highest BCUT2D eigenvalue weighted by molar-refractivity contribution is 6.02. The second-order valence-corrected chi connectivity index (χ2v) is 7.38. The smallest absolute Gasteiger partial charge is 0.265 e. The van der Waals surface area contributed by atoms with E-state index in [-0.39, 0.29) is 11.4 Å². The van der Waals surface area contributed by atoms with Crippen LogP contribution >= 0.6 is 0 Å². The van der Waals surface area contributed by atoms with Crippen molar-refractivity contribution in [2.45, 2.75) is 20.8 Å². The van der Waals surface area contributed by atoms with Crippen molar-refractivity contribution in [3.63, 3.8) is 0 Å². The number of benzene rings is 3. The second kappa shape index (κ2) is 8.48. The van der Waals surface area contributed by atoms with Crippen molar-refractivity contribution in [3.05, 3.63) is 93.8 Å². The van der Waals surface area contributed by atoms with Crippen molar-refractivity contribution < 1.29 is 9.84 Å². The Balaban J connectivity index is 1.88. The lowest BCUT2D eigenvalue weighted by Crippen LogP contribution is -2.20. The van der Waals surface area contributed by atoms with Crippen LogP contribution in [0.1, 0.15) is 23.6 Å². The minimum absolute atomic E-state index is 0.137. The quantitative estimate of drug-likeness (QED) is 0.443. The summed E-state index contributed by atoms with van der Waals surface area (Å²) >= 11 is 0. The van der Waals surface area contributed by atoms with Gasteiger partial charge in [0, 0.05) is 17.0 Å². The molecule has 1 N–H and O–H groups in total. The molecule has 0 aliphatic rings. The molecular formula is C26H24N2O3. The summed E-state index contributed by atoms with van der Waals surface area (Å²) in [5.41, 5.74) is 3.72. The Morgan fingerprint density at radius 1 is 0.968 bits per heavy atom. The van der Waals surface area contributed by atoms with E-state index in [2.05, 4.69) is 4.99 Å². The molecular weight excluding hydrogens is 388 g/mol. The lowest BCUT2D eigenvalue weighted by atomic mass is 10.1. The Morgan fingerprint density at radius 2 is 1.68 bits per heavy atom. The highest BCUT2D eigenvalue weighted by Crippen LogP contribution is 2.27. The van der Waals surface area contributed by atoms with Gasteiger partial charge in [-0.2, -0.15) is 0 Å². The standard InChI is InChI=1S/C26H24N2O3/c1-4-31-21-13-10-19(11-14-21)27-16-24-22-7-5-6-8-23(22)25(29)28(26(24)30)20-12-9-17(2)18(3)15-20/h5-16,30H,4H2,1-3H3. The van der Waals surface area contributed by atoms with Crippen molar-refractivity contribution in [2.75, 3.05) is 6.61 Å². The molecule has 3 aromatic carbocycles. The van der Waals surface area contributed by atoms with Gasteiger partial charge >= 0.3 is 0 Å². The number of rotatable bonds is 5. The number of hydrogen-bond acceptors (Lipinski definition) is 4. The van der Waals surface area contributed by atoms with Crippen LogP contribution in [0.25, 0.3) is 16.5 Å². The third-order valence-corrected chi connectivity index (χ3v) is 5.34. The summed E-state index contributed by atoms with van der Waals surface area (Å²) in [5, 5.41) is 12.3. The van der Waals surface area contributed by atoms with Gasteiger partial charge in [0.1, 0.15) is 5.75 Å². The first kappa shape index (κ1) is 20.4. The van der Waals surface area contributed by atoms with Gasteiger partial charge in [0.05, 0.1) is 23.5 Å². The third kappa shape index (κ3) is 3.94. The zero-order chi connectivity index (χ0) is 22.0. The zero-order valence-corrected chi connectivity index (χ0v) is 17.8. The average Bonchev–Trinajstić information content (AvgIpc) is 2.77. The van der Waals surface area contributed by atoms with E-state index in [1.807, 2.05) is 81.4 Å². The number of nitrogens with zero attached hydrogens (tertiary/aromatic N) is 2. The van der Waals surface area contributed by atoms with Crippen molar-refractivity contribution in [2.24, 2.45) is 4.99 Å². The SMILES string of the molecule is CCOc1ccc(N=Cc2c(O)n(-c3ccc(C)c(C)c3)c(=O)c3ccccc23)cc1. The lowest BCUT2D eigenvalue weighted by Gasteiger charge is -2.14. The van der Waals surface area contributed by atoms with Crippen LogP contribution in [0, 0.1) is 13.8 Å². The summed E-state index contributed by atoms with van der Waals surface area (Å²) in [7, 11) is 0. The largest absolute Gasteiger partial charge is 0.494 e. The second-order valence-electron chi connectivity index (χ2n) is 7.38. The fraction of sp³-hybridized carbons (Fsp3) is 0.154. The Morgan fingerprint density at radius 3 is 2.35 bits per heavy atom. The molecule has 4 aromatic rings. The first-order valence-corrected chi connectivity index (χ1v) is 10.2. The monoisotopic (exact) mass is 412 g/mol. The van der Waals surface area contributed by atoms with Gasteiger partial charge in [-0.25, -0.2) is 4.57 Å². The van der Waals surface area contributed by atoms with E-state index in [4.69, 9.17) is 4.74 Å². The molecule has 5 heteroatoms. The van der Waals surface area contributed by atoms with Gasteiger partial charge in [-0.15, -0.1) is 0 Å². The van der Waals surface area contributed by atoms with E-state index in [0.717, 1.165) is 22.6 Å². The number of fused-ring (bicyclic) bond motifs is 1. The Hall–Kier alpha value is -3.86. The number of aromatic hydroxyl groups is 1. The maximum absolute atomic E-state index is 13.2. The van der Waals surface area contributed by atoms with Crippen LogP contribution in [0.15, 0.2) is 76.5 Å². The van der Waals surface area contributed by atoms with E-state index in [9.17, 15) is 9.90 Å². The first-order valence-electron chi connectivity index (χ1n) is 10.2. The minimum atomic E-state index is -0.269. The minimum Gasteiger partial charge on any atom is -0.494 e. The number of aliphatic imine (C=N–C) groups is 1. The summed E-state index contributed by atoms with van der Waals surface area (Å²) in [6.07, 6.45) is 1.60. The summed E-state index contributed by atoms with van der Waals surface area (Å²) in [6, 6.07) is 20.3. The fourth-order valence-electron chi connectivity index (χ4n) is 3.53. The number of aromatic nitrogens is 1. The van der Waals surface area contributed by atoms with Crippen LogP contribution in [-0.2, 0) is 0 Å². The number of hydrogen-bond donors (Lipinski definition) is 1. The first-order chi connectivity index (χ1) is 15.0. The van der Waals surface area contributed by atoms with Crippen molar-refractivity contribution >= 4 is 22.7 Å². The predicted molar refractivity (Wildman–Crippen MR) is 126 cm³/mol. The molecule has 1 heterocycles. The molecule has 0 bridgehead atoms. The van der Waals surface area contributed by atoms with E-state index in [1.165, 1.54) is 4.57 Å². The molecule has 0 saturated carbocycles. The fourth-order valence-corrected chi connectivity index (χ4v) is 3.53. The number of pyridine rings is 1. The summed E-state index contributed by atoms with van der Waals surface area (Å²) in [6.45, 7) is 6.53. The Kier molecular flexibility index (Phi) is 5.58. The summed E-state index contributed by atoms with van der Waals surface area (Å²) in [5.74, 6) is 0.639. The Bertz CT molecular complexity index is 1340. The molecule has 0 fully saturated rings. The maximum atomic E-state index is 13.2. The van der Waals surface area contributed by atoms with Gasteiger partial charge < -0.3 is 9.84 Å². The maximum Gasteiger partial charge on any atom is 0.265 e. The zero-order valence-electron chi connectivity index (χ0n) is 17.8. The molecule has 0 saturated heterocycles. The van der Waals surface area contributed by atoms with Gasteiger partial charge in [0.25, 0.3) is 5.56 Å². The van der Waals surface area contributed by atoms with Crippen LogP contribution < -0.4 is 10.3 Å². The van der Waals surface area contributed by atoms with Crippen LogP contribution in [-0.4, -0.2) is 22.5 Å². The van der Waals surface area contributed by atoms with Crippen molar-refractivity contribution in [1.82, 2.24) is 4.57 Å². The number of aryl methyl sites for hydroxylation is 2. The van der Waals surface area contributed by atoms with Gasteiger partial charge in [-0.3, -0.25) is 9.79 Å². The highest BCUT2D eigenvalue weighted by atomic mass is 16.5. The lowest BCUT2D eigenvalue weighted by molar-refractivity contribution is 0.340. The summed E-state index contributed by atoms with van der Waals surface area (Å²) < 4.78 is 6.81. The molecule has 0 aliphatic heterocycles. The molecule has 156 valence electrons. The van der Waals surface area contributed by atoms with Crippen LogP contribution in [0.4, 0.5) is 5.69 Å². The van der Waals surface area contributed by atoms with Gasteiger partial charge in [-0.1, -0.05) is 24.3 Å². The van der Waals surface area contributed by atoms with E-state index >= 15 is 0 Å². The molecule has 1 aromatic heterocycles. The molecule has 0 spiro atoms. The number of ether oxygens (including phenoxy) is 1. The average molecular weight is 412 g/mol. The third-order valence-electron chi connectivity index (χ3n) is 5.34. The van der Waals surface area contributed by atoms with Crippen LogP contribution in [0.3, 0.4) is 0 Å². The van der Waals surface area contributed by atoms with E-state index in [0.29, 0.717) is 28.6 Å². The molecule has 0 atom stereocenters. The molecule has 4 rings (SSSR count). The topological polar surface area (TPSA) is 63.8 Å². The van der Waals surface area contributed by atoms with Crippen LogP contribution in [0.2, 0.25) is 0 Å². The summed E-state index contributed by atoms with van der Waals surface area (Å²) in [4.78, 5) is 17.7. The van der Waals surface area contributed by atoms with Crippen molar-refractivity contribution in [1.29, 1.82) is 0 Å². The van der Waals surface area contributed by atoms with Crippen LogP contribution in [0.5, 0.6) is 11.6 Å². The molecule has 31 heavy (non-hydrogen) atoms.